The van der Waals surface area contributed by atoms with E-state index in [1.807, 2.05) is 0 Å². The summed E-state index contributed by atoms with van der Waals surface area (Å²) in [6.07, 6.45) is -4.07. The minimum Gasteiger partial charge on any atom is -0.458 e. The van der Waals surface area contributed by atoms with Crippen LogP contribution in [0.1, 0.15) is 58.0 Å². The zero-order valence-electron chi connectivity index (χ0n) is 19.3. The Bertz CT molecular complexity index is 1320. The Kier molecular flexibility index (Phi) is 6.08. The van der Waals surface area contributed by atoms with Gasteiger partial charge in [0.15, 0.2) is 11.0 Å². The number of halogens is 4. The van der Waals surface area contributed by atoms with Gasteiger partial charge in [-0.05, 0) is 46.6 Å². The van der Waals surface area contributed by atoms with Crippen LogP contribution in [0.4, 0.5) is 18.0 Å². The number of aromatic nitrogens is 2. The average molecular weight is 500 g/mol. The van der Waals surface area contributed by atoms with Crippen LogP contribution in [0.2, 0.25) is 5.02 Å². The van der Waals surface area contributed by atoms with Crippen LogP contribution < -0.4 is 5.43 Å². The lowest BCUT2D eigenvalue weighted by Crippen LogP contribution is -2.41. The second-order valence-electron chi connectivity index (χ2n) is 9.36. The molecular formula is C23H25ClF3N3O4. The minimum atomic E-state index is -4.70. The van der Waals surface area contributed by atoms with Gasteiger partial charge in [0, 0.05) is 31.6 Å². The number of nitrogens with zero attached hydrogens (tertiary/aromatic N) is 3. The predicted molar refractivity (Wildman–Crippen MR) is 121 cm³/mol. The van der Waals surface area contributed by atoms with E-state index in [-0.39, 0.29) is 39.5 Å². The Morgan fingerprint density at radius 3 is 2.44 bits per heavy atom. The number of piperidine rings is 1. The maximum absolute atomic E-state index is 13.6. The molecule has 4 rings (SSSR count). The molecule has 11 heteroatoms. The number of carbonyl (C=O) groups excluding carboxylic acids is 1. The summed E-state index contributed by atoms with van der Waals surface area (Å²) >= 11 is 6.21. The van der Waals surface area contributed by atoms with Crippen molar-refractivity contribution in [2.75, 3.05) is 13.1 Å². The Balaban J connectivity index is 1.75. The quantitative estimate of drug-likeness (QED) is 0.435. The van der Waals surface area contributed by atoms with Crippen molar-refractivity contribution < 1.29 is 27.1 Å². The monoisotopic (exact) mass is 499 g/mol. The van der Waals surface area contributed by atoms with E-state index < -0.39 is 29.1 Å². The first kappa shape index (κ1) is 24.4. The van der Waals surface area contributed by atoms with Gasteiger partial charge >= 0.3 is 12.3 Å². The third-order valence-electron chi connectivity index (χ3n) is 5.80. The Labute approximate surface area is 198 Å². The number of hydrogen-bond donors (Lipinski definition) is 0. The number of amides is 1. The first-order valence-electron chi connectivity index (χ1n) is 11.0. The molecule has 1 aliphatic rings. The molecule has 1 fully saturated rings. The molecule has 0 aliphatic carbocycles. The summed E-state index contributed by atoms with van der Waals surface area (Å²) in [4.78, 5) is 30.6. The van der Waals surface area contributed by atoms with Crippen LogP contribution in [0.5, 0.6) is 0 Å². The summed E-state index contributed by atoms with van der Waals surface area (Å²) in [6.45, 7) is 7.70. The molecule has 0 unspecified atom stereocenters. The molecule has 0 atom stereocenters. The highest BCUT2D eigenvalue weighted by Crippen LogP contribution is 2.38. The van der Waals surface area contributed by atoms with Gasteiger partial charge in [-0.15, -0.1) is 0 Å². The molecule has 2 aromatic heterocycles. The fourth-order valence-electron chi connectivity index (χ4n) is 4.28. The fraction of sp³-hybridized carbons (Fsp3) is 0.522. The number of fused-ring (bicyclic) bond motifs is 3. The van der Waals surface area contributed by atoms with Crippen molar-refractivity contribution in [1.29, 1.82) is 0 Å². The molecule has 0 N–H and O–H groups in total. The van der Waals surface area contributed by atoms with E-state index in [1.54, 1.807) is 32.6 Å². The summed E-state index contributed by atoms with van der Waals surface area (Å²) in [5, 5.41) is 0.0432. The molecule has 34 heavy (non-hydrogen) atoms. The van der Waals surface area contributed by atoms with Crippen LogP contribution in [0.15, 0.2) is 21.3 Å². The molecule has 184 valence electrons. The number of hydrogen-bond acceptors (Lipinski definition) is 5. The molecule has 1 saturated heterocycles. The number of carbonyl (C=O) groups is 1. The highest BCUT2D eigenvalue weighted by Gasteiger charge is 2.38. The second kappa shape index (κ2) is 8.48. The van der Waals surface area contributed by atoms with Gasteiger partial charge in [0.25, 0.3) is 0 Å². The third-order valence-corrected chi connectivity index (χ3v) is 6.09. The van der Waals surface area contributed by atoms with Gasteiger partial charge in [0.1, 0.15) is 22.4 Å². The van der Waals surface area contributed by atoms with E-state index in [9.17, 15) is 22.8 Å². The van der Waals surface area contributed by atoms with Crippen LogP contribution in [-0.2, 0) is 17.5 Å². The largest absolute Gasteiger partial charge is 0.458 e. The van der Waals surface area contributed by atoms with Crippen LogP contribution in [0.3, 0.4) is 0 Å². The number of likely N-dealkylation sites (tertiary alicyclic amines) is 1. The number of alkyl halides is 3. The van der Waals surface area contributed by atoms with E-state index in [4.69, 9.17) is 20.8 Å². The van der Waals surface area contributed by atoms with Crippen molar-refractivity contribution in [2.45, 2.75) is 64.8 Å². The van der Waals surface area contributed by atoms with Crippen LogP contribution in [-0.4, -0.2) is 39.2 Å². The number of benzene rings is 1. The summed E-state index contributed by atoms with van der Waals surface area (Å²) in [6, 6.07) is 2.66. The Hall–Kier alpha value is -2.75. The van der Waals surface area contributed by atoms with Gasteiger partial charge in [0.2, 0.25) is 5.82 Å². The van der Waals surface area contributed by atoms with Crippen molar-refractivity contribution in [3.63, 3.8) is 0 Å². The van der Waals surface area contributed by atoms with Crippen molar-refractivity contribution in [3.8, 4) is 0 Å². The van der Waals surface area contributed by atoms with E-state index >= 15 is 0 Å². The highest BCUT2D eigenvalue weighted by molar-refractivity contribution is 6.36. The second-order valence-corrected chi connectivity index (χ2v) is 9.77. The third kappa shape index (κ3) is 4.47. The molecule has 3 heterocycles. The normalized spacial score (nSPS) is 15.9. The van der Waals surface area contributed by atoms with E-state index in [1.165, 1.54) is 12.1 Å². The maximum Gasteiger partial charge on any atom is 0.449 e. The standard InChI is InChI=1S/C23H25ClF3N3O4/c1-5-30-18-17(28-20(30)23(25,26)27)14(24)10-13-15(31)11-16(33-19(13)18)12-6-8-29(9-7-12)21(32)34-22(2,3)4/h10-12H,5-9H2,1-4H3. The lowest BCUT2D eigenvalue weighted by molar-refractivity contribution is -0.146. The lowest BCUT2D eigenvalue weighted by atomic mass is 9.94. The molecule has 3 aromatic rings. The zero-order valence-corrected chi connectivity index (χ0v) is 20.0. The van der Waals surface area contributed by atoms with Gasteiger partial charge in [-0.1, -0.05) is 11.6 Å². The fourth-order valence-corrected chi connectivity index (χ4v) is 4.52. The van der Waals surface area contributed by atoms with E-state index in [0.717, 1.165) is 4.57 Å². The highest BCUT2D eigenvalue weighted by atomic mass is 35.5. The van der Waals surface area contributed by atoms with Gasteiger partial charge < -0.3 is 18.6 Å². The van der Waals surface area contributed by atoms with Crippen molar-refractivity contribution in [2.24, 2.45) is 0 Å². The topological polar surface area (TPSA) is 77.6 Å². The minimum absolute atomic E-state index is 0.0290. The number of ether oxygens (including phenoxy) is 1. The van der Waals surface area contributed by atoms with E-state index in [0.29, 0.717) is 31.7 Å². The zero-order chi connectivity index (χ0) is 25.0. The van der Waals surface area contributed by atoms with Gasteiger partial charge in [-0.25, -0.2) is 9.78 Å². The van der Waals surface area contributed by atoms with Crippen LogP contribution in [0, 0.1) is 0 Å². The van der Waals surface area contributed by atoms with Gasteiger partial charge in [-0.2, -0.15) is 13.2 Å². The van der Waals surface area contributed by atoms with E-state index in [2.05, 4.69) is 4.98 Å². The van der Waals surface area contributed by atoms with Crippen LogP contribution in [0.25, 0.3) is 22.0 Å². The molecule has 0 bridgehead atoms. The molecule has 1 aromatic carbocycles. The number of imidazole rings is 1. The Morgan fingerprint density at radius 2 is 1.88 bits per heavy atom. The molecule has 1 aliphatic heterocycles. The summed E-state index contributed by atoms with van der Waals surface area (Å²) in [5.74, 6) is -0.915. The molecular weight excluding hydrogens is 475 g/mol. The molecule has 0 saturated carbocycles. The number of rotatable bonds is 2. The average Bonchev–Trinajstić information content (AvgIpc) is 3.14. The molecule has 0 spiro atoms. The summed E-state index contributed by atoms with van der Waals surface area (Å²) in [5.41, 5.74) is -0.998. The van der Waals surface area contributed by atoms with Gasteiger partial charge in [0.05, 0.1) is 10.4 Å². The first-order valence-corrected chi connectivity index (χ1v) is 11.4. The van der Waals surface area contributed by atoms with Crippen molar-refractivity contribution in [3.05, 3.63) is 39.0 Å². The molecule has 1 amide bonds. The predicted octanol–water partition coefficient (Wildman–Crippen LogP) is 5.95. The number of aryl methyl sites for hydroxylation is 1. The van der Waals surface area contributed by atoms with Crippen molar-refractivity contribution >= 4 is 39.7 Å². The first-order chi connectivity index (χ1) is 15.8. The maximum atomic E-state index is 13.6. The summed E-state index contributed by atoms with van der Waals surface area (Å²) in [7, 11) is 0. The SMILES string of the molecule is CCn1c(C(F)(F)F)nc2c(Cl)cc3c(=O)cc(C4CCN(C(=O)OC(C)(C)C)CC4)oc3c21. The molecule has 0 radical (unpaired) electrons. The van der Waals surface area contributed by atoms with Gasteiger partial charge in [-0.3, -0.25) is 4.79 Å². The molecule has 7 nitrogen and oxygen atoms in total. The smallest absolute Gasteiger partial charge is 0.449 e. The van der Waals surface area contributed by atoms with Crippen molar-refractivity contribution in [1.82, 2.24) is 14.5 Å². The summed E-state index contributed by atoms with van der Waals surface area (Å²) < 4.78 is 53.3. The van der Waals surface area contributed by atoms with Crippen LogP contribution >= 0.6 is 11.6 Å². The Morgan fingerprint density at radius 1 is 1.24 bits per heavy atom. The lowest BCUT2D eigenvalue weighted by Gasteiger charge is -2.33.